The van der Waals surface area contributed by atoms with Gasteiger partial charge in [0, 0.05) is 15.6 Å². The quantitative estimate of drug-likeness (QED) is 0.761. The molecule has 0 unspecified atom stereocenters. The van der Waals surface area contributed by atoms with Gasteiger partial charge in [-0.3, -0.25) is 4.79 Å². The van der Waals surface area contributed by atoms with Crippen molar-refractivity contribution >= 4 is 33.3 Å². The zero-order valence-electron chi connectivity index (χ0n) is 9.95. The molecular formula is C15H10BrClO2. The first kappa shape index (κ1) is 12.9. The van der Waals surface area contributed by atoms with Gasteiger partial charge in [0.05, 0.1) is 18.2 Å². The molecule has 19 heavy (non-hydrogen) atoms. The topological polar surface area (TPSA) is 26.3 Å². The Labute approximate surface area is 124 Å². The number of ether oxygens (including phenoxy) is 1. The third-order valence-electron chi connectivity index (χ3n) is 3.16. The molecule has 1 aliphatic rings. The molecule has 0 aromatic heterocycles. The monoisotopic (exact) mass is 336 g/mol. The third-order valence-corrected chi connectivity index (χ3v) is 3.97. The molecule has 2 aromatic carbocycles. The molecule has 0 saturated heterocycles. The average Bonchev–Trinajstić information content (AvgIpc) is 2.85. The van der Waals surface area contributed by atoms with Crippen molar-refractivity contribution in [3.8, 4) is 0 Å². The zero-order valence-corrected chi connectivity index (χ0v) is 12.3. The Balaban J connectivity index is 2.00. The van der Waals surface area contributed by atoms with Crippen LogP contribution in [0.3, 0.4) is 0 Å². The van der Waals surface area contributed by atoms with Crippen LogP contribution in [0.4, 0.5) is 0 Å². The highest BCUT2D eigenvalue weighted by molar-refractivity contribution is 9.10. The van der Waals surface area contributed by atoms with Gasteiger partial charge in [-0.1, -0.05) is 39.7 Å². The number of benzene rings is 2. The minimum atomic E-state index is -0.0628. The highest BCUT2D eigenvalue weighted by Gasteiger charge is 2.17. The van der Waals surface area contributed by atoms with Gasteiger partial charge in [0.15, 0.2) is 5.78 Å². The van der Waals surface area contributed by atoms with E-state index in [0.717, 1.165) is 15.6 Å². The van der Waals surface area contributed by atoms with Crippen LogP contribution < -0.4 is 0 Å². The summed E-state index contributed by atoms with van der Waals surface area (Å²) >= 11 is 9.45. The lowest BCUT2D eigenvalue weighted by Gasteiger charge is -2.06. The fourth-order valence-corrected chi connectivity index (χ4v) is 2.90. The van der Waals surface area contributed by atoms with Gasteiger partial charge in [-0.05, 0) is 35.4 Å². The number of hydrogen-bond donors (Lipinski definition) is 0. The van der Waals surface area contributed by atoms with Crippen LogP contribution in [0.15, 0.2) is 40.9 Å². The molecule has 0 N–H and O–H groups in total. The van der Waals surface area contributed by atoms with Crippen LogP contribution in [0.5, 0.6) is 0 Å². The van der Waals surface area contributed by atoms with Crippen LogP contribution in [0, 0.1) is 0 Å². The molecule has 1 heterocycles. The lowest BCUT2D eigenvalue weighted by atomic mass is 9.99. The second-order valence-corrected chi connectivity index (χ2v) is 5.75. The fraction of sp³-hybridized carbons (Fsp3) is 0.133. The first-order valence-corrected chi connectivity index (χ1v) is 7.01. The molecule has 0 radical (unpaired) electrons. The molecule has 0 saturated carbocycles. The van der Waals surface area contributed by atoms with E-state index in [9.17, 15) is 4.79 Å². The highest BCUT2D eigenvalue weighted by atomic mass is 79.9. The Hall–Kier alpha value is -1.16. The number of ketones is 1. The summed E-state index contributed by atoms with van der Waals surface area (Å²) in [6, 6.07) is 10.9. The molecule has 4 heteroatoms. The van der Waals surface area contributed by atoms with Crippen molar-refractivity contribution in [2.24, 2.45) is 0 Å². The molecule has 2 nitrogen and oxygen atoms in total. The SMILES string of the molecule is O=C(c1ccc2c(c1)COC2)c1ccc(Br)cc1Cl. The number of hydrogen-bond acceptors (Lipinski definition) is 2. The van der Waals surface area contributed by atoms with Crippen LogP contribution >= 0.6 is 27.5 Å². The van der Waals surface area contributed by atoms with Gasteiger partial charge in [0.1, 0.15) is 0 Å². The van der Waals surface area contributed by atoms with E-state index in [4.69, 9.17) is 16.3 Å². The zero-order chi connectivity index (χ0) is 13.4. The molecule has 0 amide bonds. The Kier molecular flexibility index (Phi) is 3.44. The number of carbonyl (C=O) groups excluding carboxylic acids is 1. The van der Waals surface area contributed by atoms with Crippen molar-refractivity contribution in [3.05, 3.63) is 68.1 Å². The van der Waals surface area contributed by atoms with E-state index in [1.54, 1.807) is 12.1 Å². The maximum absolute atomic E-state index is 12.4. The van der Waals surface area contributed by atoms with Crippen molar-refractivity contribution < 1.29 is 9.53 Å². The summed E-state index contributed by atoms with van der Waals surface area (Å²) in [4.78, 5) is 12.4. The van der Waals surface area contributed by atoms with Gasteiger partial charge in [-0.25, -0.2) is 0 Å². The molecule has 0 fully saturated rings. The number of carbonyl (C=O) groups is 1. The van der Waals surface area contributed by atoms with Gasteiger partial charge >= 0.3 is 0 Å². The van der Waals surface area contributed by atoms with Crippen molar-refractivity contribution in [2.45, 2.75) is 13.2 Å². The molecule has 0 bridgehead atoms. The van der Waals surface area contributed by atoms with Crippen molar-refractivity contribution in [1.29, 1.82) is 0 Å². The van der Waals surface area contributed by atoms with Crippen LogP contribution in [-0.2, 0) is 18.0 Å². The third kappa shape index (κ3) is 2.46. The van der Waals surface area contributed by atoms with Crippen molar-refractivity contribution in [2.75, 3.05) is 0 Å². The molecular weight excluding hydrogens is 328 g/mol. The van der Waals surface area contributed by atoms with E-state index in [-0.39, 0.29) is 5.78 Å². The molecule has 0 spiro atoms. The van der Waals surface area contributed by atoms with Crippen LogP contribution in [-0.4, -0.2) is 5.78 Å². The smallest absolute Gasteiger partial charge is 0.194 e. The maximum Gasteiger partial charge on any atom is 0.194 e. The lowest BCUT2D eigenvalue weighted by molar-refractivity contribution is 0.103. The molecule has 1 aliphatic heterocycles. The van der Waals surface area contributed by atoms with Crippen LogP contribution in [0.1, 0.15) is 27.0 Å². The first-order valence-electron chi connectivity index (χ1n) is 5.84. The summed E-state index contributed by atoms with van der Waals surface area (Å²) in [5.74, 6) is -0.0628. The van der Waals surface area contributed by atoms with E-state index >= 15 is 0 Å². The van der Waals surface area contributed by atoms with Gasteiger partial charge in [0.2, 0.25) is 0 Å². The van der Waals surface area contributed by atoms with Crippen molar-refractivity contribution in [3.63, 3.8) is 0 Å². The van der Waals surface area contributed by atoms with E-state index in [0.29, 0.717) is 29.4 Å². The second-order valence-electron chi connectivity index (χ2n) is 4.43. The van der Waals surface area contributed by atoms with Gasteiger partial charge in [0.25, 0.3) is 0 Å². The van der Waals surface area contributed by atoms with E-state index in [1.165, 1.54) is 0 Å². The predicted octanol–water partition coefficient (Wildman–Crippen LogP) is 4.36. The Bertz CT molecular complexity index is 667. The largest absolute Gasteiger partial charge is 0.372 e. The normalized spacial score (nSPS) is 13.4. The van der Waals surface area contributed by atoms with Gasteiger partial charge in [-0.15, -0.1) is 0 Å². The number of rotatable bonds is 2. The number of fused-ring (bicyclic) bond motifs is 1. The highest BCUT2D eigenvalue weighted by Crippen LogP contribution is 2.26. The molecule has 96 valence electrons. The predicted molar refractivity (Wildman–Crippen MR) is 77.5 cm³/mol. The first-order chi connectivity index (χ1) is 9.15. The standard InChI is InChI=1S/C15H10BrClO2/c16-12-3-4-13(14(17)6-12)15(18)9-1-2-10-7-19-8-11(10)5-9/h1-6H,7-8H2. The van der Waals surface area contributed by atoms with Gasteiger partial charge in [-0.2, -0.15) is 0 Å². The summed E-state index contributed by atoms with van der Waals surface area (Å²) in [6.07, 6.45) is 0. The maximum atomic E-state index is 12.4. The minimum absolute atomic E-state index is 0.0628. The Morgan fingerprint density at radius 2 is 1.89 bits per heavy atom. The summed E-state index contributed by atoms with van der Waals surface area (Å²) in [6.45, 7) is 1.20. The van der Waals surface area contributed by atoms with Gasteiger partial charge < -0.3 is 4.74 Å². The molecule has 0 aliphatic carbocycles. The van der Waals surface area contributed by atoms with E-state index < -0.39 is 0 Å². The minimum Gasteiger partial charge on any atom is -0.372 e. The summed E-state index contributed by atoms with van der Waals surface area (Å²) in [7, 11) is 0. The van der Waals surface area contributed by atoms with Crippen LogP contribution in [0.25, 0.3) is 0 Å². The second kappa shape index (κ2) is 5.08. The summed E-state index contributed by atoms with van der Waals surface area (Å²) in [5, 5.41) is 0.455. The molecule has 0 atom stereocenters. The van der Waals surface area contributed by atoms with Crippen LogP contribution in [0.2, 0.25) is 5.02 Å². The van der Waals surface area contributed by atoms with E-state index in [2.05, 4.69) is 15.9 Å². The fourth-order valence-electron chi connectivity index (χ4n) is 2.14. The number of halogens is 2. The Morgan fingerprint density at radius 1 is 1.11 bits per heavy atom. The molecule has 2 aromatic rings. The van der Waals surface area contributed by atoms with Crippen molar-refractivity contribution in [1.82, 2.24) is 0 Å². The summed E-state index contributed by atoms with van der Waals surface area (Å²) in [5.41, 5.74) is 3.40. The Morgan fingerprint density at radius 3 is 2.68 bits per heavy atom. The summed E-state index contributed by atoms with van der Waals surface area (Å²) < 4.78 is 6.21. The average molecular weight is 338 g/mol. The molecule has 3 rings (SSSR count). The lowest BCUT2D eigenvalue weighted by Crippen LogP contribution is -2.03. The van der Waals surface area contributed by atoms with E-state index in [1.807, 2.05) is 24.3 Å².